The van der Waals surface area contributed by atoms with E-state index >= 15 is 0 Å². The van der Waals surface area contributed by atoms with E-state index in [0.717, 1.165) is 32.1 Å². The minimum atomic E-state index is -0.529. The first kappa shape index (κ1) is 70.6. The molecule has 0 aliphatic carbocycles. The molecule has 428 valence electrons. The largest absolute Gasteiger partial charge is 0.462 e. The van der Waals surface area contributed by atoms with Crippen molar-refractivity contribution in [2.45, 2.75) is 386 Å². The van der Waals surface area contributed by atoms with Crippen LogP contribution in [-0.4, -0.2) is 37.9 Å². The minimum absolute atomic E-state index is 0.0962. The Kier molecular flexibility index (Phi) is 62.7. The summed E-state index contributed by atoms with van der Waals surface area (Å²) in [5.74, 6) is -0.364. The van der Waals surface area contributed by atoms with Gasteiger partial charge < -0.3 is 14.2 Å². The summed E-state index contributed by atoms with van der Waals surface area (Å²) in [6, 6.07) is 0. The first-order chi connectivity index (χ1) is 35.6. The molecule has 0 saturated heterocycles. The molecule has 5 nitrogen and oxygen atoms in total. The summed E-state index contributed by atoms with van der Waals surface area (Å²) in [6.45, 7) is 7.93. The number of ether oxygens (including phenoxy) is 3. The van der Waals surface area contributed by atoms with Crippen LogP contribution >= 0.6 is 0 Å². The third kappa shape index (κ3) is 61.2. The molecule has 0 radical (unpaired) electrons. The predicted molar refractivity (Wildman–Crippen MR) is 316 cm³/mol. The summed E-state index contributed by atoms with van der Waals surface area (Å²) in [5, 5.41) is 0. The molecule has 0 aromatic heterocycles. The van der Waals surface area contributed by atoms with Gasteiger partial charge in [0, 0.05) is 19.4 Å². The number of carbonyl (C=O) groups excluding carboxylic acids is 2. The van der Waals surface area contributed by atoms with Crippen molar-refractivity contribution in [2.24, 2.45) is 0 Å². The molecule has 5 heteroatoms. The Bertz CT molecular complexity index is 1060. The molecule has 0 aliphatic rings. The lowest BCUT2D eigenvalue weighted by atomic mass is 10.0. The highest BCUT2D eigenvalue weighted by Gasteiger charge is 2.18. The number of hydrogen-bond donors (Lipinski definition) is 0. The Balaban J connectivity index is 4.18. The van der Waals surface area contributed by atoms with Crippen LogP contribution in [0.4, 0.5) is 0 Å². The van der Waals surface area contributed by atoms with Crippen molar-refractivity contribution in [2.75, 3.05) is 19.8 Å². The molecule has 0 aliphatic heterocycles. The Hall–Kier alpha value is -1.36. The van der Waals surface area contributed by atoms with Gasteiger partial charge in [-0.05, 0) is 44.9 Å². The molecule has 0 aromatic rings. The molecule has 0 heterocycles. The van der Waals surface area contributed by atoms with Crippen LogP contribution in [0.5, 0.6) is 0 Å². The second kappa shape index (κ2) is 63.9. The second-order valence-electron chi connectivity index (χ2n) is 22.7. The zero-order valence-corrected chi connectivity index (χ0v) is 49.5. The zero-order valence-electron chi connectivity index (χ0n) is 49.5. The second-order valence-corrected chi connectivity index (χ2v) is 22.7. The smallest absolute Gasteiger partial charge is 0.306 e. The van der Waals surface area contributed by atoms with Gasteiger partial charge in [0.15, 0.2) is 6.10 Å². The van der Waals surface area contributed by atoms with Crippen molar-refractivity contribution in [1.29, 1.82) is 0 Å². The molecular formula is C67H130O5. The van der Waals surface area contributed by atoms with E-state index in [0.29, 0.717) is 26.1 Å². The number of esters is 2. The fourth-order valence-electron chi connectivity index (χ4n) is 10.3. The van der Waals surface area contributed by atoms with E-state index in [-0.39, 0.29) is 18.5 Å². The first-order valence-corrected chi connectivity index (χ1v) is 33.2. The summed E-state index contributed by atoms with van der Waals surface area (Å²) < 4.78 is 17.6. The van der Waals surface area contributed by atoms with E-state index in [9.17, 15) is 9.59 Å². The fraction of sp³-hybridized carbons (Fsp3) is 0.940. The van der Waals surface area contributed by atoms with Crippen LogP contribution in [0.15, 0.2) is 12.2 Å². The maximum absolute atomic E-state index is 12.9. The lowest BCUT2D eigenvalue weighted by Crippen LogP contribution is -2.30. The first-order valence-electron chi connectivity index (χ1n) is 33.2. The van der Waals surface area contributed by atoms with E-state index in [1.807, 2.05) is 0 Å². The van der Waals surface area contributed by atoms with Crippen LogP contribution in [-0.2, 0) is 23.8 Å². The average Bonchev–Trinajstić information content (AvgIpc) is 3.38. The van der Waals surface area contributed by atoms with Crippen molar-refractivity contribution < 1.29 is 23.8 Å². The van der Waals surface area contributed by atoms with Crippen molar-refractivity contribution >= 4 is 11.9 Å². The zero-order chi connectivity index (χ0) is 52.0. The standard InChI is InChI=1S/C67H130O5/c1-4-7-10-13-16-19-22-25-28-31-33-34-36-38-40-43-46-49-52-55-58-61-67(69)72-65(63-70-62-59-56-53-50-47-44-41-30-27-24-21-18-15-12-9-6-3)64-71-66(68)60-57-54-51-48-45-42-39-37-35-32-29-26-23-20-17-14-11-8-5-2/h25,28,65H,4-24,26-27,29-64H2,1-3H3/b28-25-/t65-/m1/s1. The van der Waals surface area contributed by atoms with Gasteiger partial charge in [0.1, 0.15) is 6.61 Å². The normalized spacial score (nSPS) is 12.1. The highest BCUT2D eigenvalue weighted by Crippen LogP contribution is 2.18. The molecule has 0 bridgehead atoms. The van der Waals surface area contributed by atoms with Gasteiger partial charge in [-0.1, -0.05) is 335 Å². The topological polar surface area (TPSA) is 61.8 Å². The van der Waals surface area contributed by atoms with Crippen LogP contribution in [0.25, 0.3) is 0 Å². The molecule has 0 aromatic carbocycles. The van der Waals surface area contributed by atoms with Crippen molar-refractivity contribution in [3.8, 4) is 0 Å². The molecule has 0 rings (SSSR count). The van der Waals surface area contributed by atoms with Crippen LogP contribution in [0.2, 0.25) is 0 Å². The summed E-state index contributed by atoms with van der Waals surface area (Å²) in [7, 11) is 0. The van der Waals surface area contributed by atoms with Gasteiger partial charge in [0.25, 0.3) is 0 Å². The van der Waals surface area contributed by atoms with Gasteiger partial charge in [-0.15, -0.1) is 0 Å². The van der Waals surface area contributed by atoms with Crippen LogP contribution in [0.1, 0.15) is 380 Å². The highest BCUT2D eigenvalue weighted by molar-refractivity contribution is 5.70. The van der Waals surface area contributed by atoms with E-state index in [4.69, 9.17) is 14.2 Å². The maximum Gasteiger partial charge on any atom is 0.306 e. The molecule has 72 heavy (non-hydrogen) atoms. The maximum atomic E-state index is 12.9. The SMILES string of the molecule is CCCCCCCC/C=C\CCCCCCCCCCCCCC(=O)O[C@H](COCCCCCCCCCCCCCCCCCC)COC(=O)CCCCCCCCCCCCCCCCCCCCC. The number of hydrogen-bond acceptors (Lipinski definition) is 5. The van der Waals surface area contributed by atoms with Gasteiger partial charge in [-0.2, -0.15) is 0 Å². The quantitative estimate of drug-likeness (QED) is 0.0345. The molecule has 0 N–H and O–H groups in total. The Morgan fingerprint density at radius 2 is 0.542 bits per heavy atom. The lowest BCUT2D eigenvalue weighted by Gasteiger charge is -2.18. The summed E-state index contributed by atoms with van der Waals surface area (Å²) >= 11 is 0. The van der Waals surface area contributed by atoms with Gasteiger partial charge in [0.2, 0.25) is 0 Å². The van der Waals surface area contributed by atoms with Gasteiger partial charge >= 0.3 is 11.9 Å². The number of rotatable bonds is 63. The van der Waals surface area contributed by atoms with Gasteiger partial charge in [-0.25, -0.2) is 0 Å². The number of allylic oxidation sites excluding steroid dienone is 2. The molecule has 0 amide bonds. The van der Waals surface area contributed by atoms with Crippen LogP contribution < -0.4 is 0 Å². The van der Waals surface area contributed by atoms with E-state index in [2.05, 4.69) is 32.9 Å². The van der Waals surface area contributed by atoms with Gasteiger partial charge in [-0.3, -0.25) is 9.59 Å². The molecule has 0 spiro atoms. The monoisotopic (exact) mass is 1010 g/mol. The predicted octanol–water partition coefficient (Wildman–Crippen LogP) is 22.9. The van der Waals surface area contributed by atoms with Gasteiger partial charge in [0.05, 0.1) is 6.61 Å². The third-order valence-corrected chi connectivity index (χ3v) is 15.3. The summed E-state index contributed by atoms with van der Waals surface area (Å²) in [5.41, 5.74) is 0. The van der Waals surface area contributed by atoms with E-state index in [1.54, 1.807) is 0 Å². The summed E-state index contributed by atoms with van der Waals surface area (Å²) in [6.07, 6.45) is 76.9. The van der Waals surface area contributed by atoms with E-state index < -0.39 is 6.10 Å². The number of carbonyl (C=O) groups is 2. The lowest BCUT2D eigenvalue weighted by molar-refractivity contribution is -0.163. The Labute approximate surface area is 452 Å². The van der Waals surface area contributed by atoms with E-state index in [1.165, 1.54) is 315 Å². The highest BCUT2D eigenvalue weighted by atomic mass is 16.6. The average molecular weight is 1020 g/mol. The minimum Gasteiger partial charge on any atom is -0.462 e. The van der Waals surface area contributed by atoms with Crippen molar-refractivity contribution in [1.82, 2.24) is 0 Å². The molecular weight excluding hydrogens is 885 g/mol. The van der Waals surface area contributed by atoms with Crippen molar-refractivity contribution in [3.05, 3.63) is 12.2 Å². The van der Waals surface area contributed by atoms with Crippen LogP contribution in [0.3, 0.4) is 0 Å². The molecule has 0 saturated carbocycles. The fourth-order valence-corrected chi connectivity index (χ4v) is 10.3. The summed E-state index contributed by atoms with van der Waals surface area (Å²) in [4.78, 5) is 25.7. The number of unbranched alkanes of at least 4 members (excludes halogenated alkanes) is 50. The molecule has 0 fully saturated rings. The van der Waals surface area contributed by atoms with Crippen LogP contribution in [0, 0.1) is 0 Å². The van der Waals surface area contributed by atoms with Crippen molar-refractivity contribution in [3.63, 3.8) is 0 Å². The third-order valence-electron chi connectivity index (χ3n) is 15.3. The molecule has 1 atom stereocenters. The molecule has 0 unspecified atom stereocenters. The Morgan fingerprint density at radius 3 is 0.847 bits per heavy atom. The Morgan fingerprint density at radius 1 is 0.292 bits per heavy atom.